The van der Waals surface area contributed by atoms with Gasteiger partial charge in [-0.1, -0.05) is 11.8 Å². The summed E-state index contributed by atoms with van der Waals surface area (Å²) in [6, 6.07) is 4.74. The Morgan fingerprint density at radius 2 is 2.26 bits per heavy atom. The fourth-order valence-corrected chi connectivity index (χ4v) is 3.29. The Morgan fingerprint density at radius 3 is 2.93 bits per heavy atom. The third-order valence-electron chi connectivity index (χ3n) is 4.26. The number of thioether (sulfide) groups is 1. The molecule has 144 valence electrons. The van der Waals surface area contributed by atoms with Crippen molar-refractivity contribution in [2.75, 3.05) is 55.4 Å². The van der Waals surface area contributed by atoms with Gasteiger partial charge in [-0.05, 0) is 24.5 Å². The van der Waals surface area contributed by atoms with Crippen molar-refractivity contribution in [1.29, 1.82) is 5.26 Å². The minimum absolute atomic E-state index is 0.224. The van der Waals surface area contributed by atoms with Crippen molar-refractivity contribution in [3.05, 3.63) is 24.0 Å². The Bertz CT molecular complexity index is 763. The number of halogens is 1. The molecule has 0 saturated carbocycles. The number of rotatable bonds is 4. The molecule has 1 aromatic rings. The molecule has 0 bridgehead atoms. The Kier molecular flexibility index (Phi) is 6.36. The molecular weight excluding hydrogens is 373 g/mol. The topological polar surface area (TPSA) is 90.2 Å². The van der Waals surface area contributed by atoms with Gasteiger partial charge >= 0.3 is 6.09 Å². The van der Waals surface area contributed by atoms with E-state index in [0.717, 1.165) is 0 Å². The lowest BCUT2D eigenvalue weighted by Crippen LogP contribution is -2.36. The first-order valence-corrected chi connectivity index (χ1v) is 9.68. The van der Waals surface area contributed by atoms with E-state index in [4.69, 9.17) is 14.7 Å². The maximum atomic E-state index is 14.6. The molecule has 0 aliphatic carbocycles. The molecule has 8 nitrogen and oxygen atoms in total. The van der Waals surface area contributed by atoms with E-state index in [9.17, 15) is 9.18 Å². The van der Waals surface area contributed by atoms with Gasteiger partial charge in [0.05, 0.1) is 37.7 Å². The number of hydrogen-bond acceptors (Lipinski definition) is 7. The number of anilines is 2. The Morgan fingerprint density at radius 1 is 1.48 bits per heavy atom. The van der Waals surface area contributed by atoms with Crippen molar-refractivity contribution in [3.8, 4) is 6.19 Å². The number of nitrogens with one attached hydrogen (secondary N) is 1. The number of amides is 1. The van der Waals surface area contributed by atoms with Gasteiger partial charge in [0.25, 0.3) is 0 Å². The molecule has 0 spiro atoms. The van der Waals surface area contributed by atoms with Crippen LogP contribution in [-0.4, -0.2) is 63.0 Å². The first-order valence-electron chi connectivity index (χ1n) is 8.46. The molecule has 2 saturated heterocycles. The van der Waals surface area contributed by atoms with E-state index in [2.05, 4.69) is 10.3 Å². The van der Waals surface area contributed by atoms with Gasteiger partial charge < -0.3 is 14.4 Å². The van der Waals surface area contributed by atoms with Crippen molar-refractivity contribution < 1.29 is 18.7 Å². The number of aliphatic imine (C=N–C) groups is 1. The fourth-order valence-electron chi connectivity index (χ4n) is 2.94. The van der Waals surface area contributed by atoms with Crippen molar-refractivity contribution >= 4 is 34.4 Å². The van der Waals surface area contributed by atoms with Gasteiger partial charge in [-0.15, -0.1) is 0 Å². The number of carbonyl (C=O) groups excluding carboxylic acids is 1. The number of carbonyl (C=O) groups is 1. The zero-order chi connectivity index (χ0) is 19.2. The molecule has 2 aliphatic heterocycles. The van der Waals surface area contributed by atoms with Gasteiger partial charge in [0.2, 0.25) is 0 Å². The van der Waals surface area contributed by atoms with Crippen LogP contribution in [-0.2, 0) is 9.47 Å². The molecule has 2 aliphatic rings. The maximum Gasteiger partial charge on any atom is 0.414 e. The molecule has 0 radical (unpaired) electrons. The minimum Gasteiger partial charge on any atom is -0.442 e. The summed E-state index contributed by atoms with van der Waals surface area (Å²) in [6.07, 6.45) is 2.60. The number of cyclic esters (lactones) is 1. The van der Waals surface area contributed by atoms with Gasteiger partial charge in [-0.2, -0.15) is 5.26 Å². The highest BCUT2D eigenvalue weighted by atomic mass is 32.2. The van der Waals surface area contributed by atoms with Crippen LogP contribution < -0.4 is 15.1 Å². The average Bonchev–Trinajstić information content (AvgIpc) is 3.06. The number of benzene rings is 1. The molecule has 1 aromatic carbocycles. The summed E-state index contributed by atoms with van der Waals surface area (Å²) < 4.78 is 25.2. The minimum atomic E-state index is -0.535. The van der Waals surface area contributed by atoms with Gasteiger partial charge in [0.15, 0.2) is 11.4 Å². The zero-order valence-electron chi connectivity index (χ0n) is 14.9. The molecular formula is C17H20FN5O3S. The standard InChI is InChI=1S/C17H20FN5O3S/c1-27-16(21-11-19)20-9-13-10-23(17(24)26-13)12-2-3-15(14(18)8-12)22-4-6-25-7-5-22/h2-3,8,13H,4-7,9-10H2,1H3,(H,20,21). The summed E-state index contributed by atoms with van der Waals surface area (Å²) >= 11 is 1.29. The van der Waals surface area contributed by atoms with Gasteiger partial charge in [-0.3, -0.25) is 15.2 Å². The number of hydrogen-bond donors (Lipinski definition) is 1. The van der Waals surface area contributed by atoms with Gasteiger partial charge in [-0.25, -0.2) is 9.18 Å². The van der Waals surface area contributed by atoms with Crippen LogP contribution in [0.5, 0.6) is 0 Å². The second kappa shape index (κ2) is 8.92. The average molecular weight is 393 g/mol. The van der Waals surface area contributed by atoms with Crippen LogP contribution in [0.2, 0.25) is 0 Å². The molecule has 3 rings (SSSR count). The van der Waals surface area contributed by atoms with Crippen LogP contribution in [0.15, 0.2) is 23.2 Å². The van der Waals surface area contributed by atoms with E-state index < -0.39 is 12.2 Å². The Labute approximate surface area is 160 Å². The first kappa shape index (κ1) is 19.3. The molecule has 1 amide bonds. The molecule has 27 heavy (non-hydrogen) atoms. The Balaban J connectivity index is 1.67. The molecule has 1 N–H and O–H groups in total. The third-order valence-corrected chi connectivity index (χ3v) is 4.88. The highest BCUT2D eigenvalue weighted by Crippen LogP contribution is 2.28. The number of nitrogens with zero attached hydrogens (tertiary/aromatic N) is 4. The summed E-state index contributed by atoms with van der Waals surface area (Å²) in [7, 11) is 0. The van der Waals surface area contributed by atoms with Crippen molar-refractivity contribution in [3.63, 3.8) is 0 Å². The van der Waals surface area contributed by atoms with E-state index in [1.807, 2.05) is 4.90 Å². The maximum absolute atomic E-state index is 14.6. The lowest BCUT2D eigenvalue weighted by Gasteiger charge is -2.29. The molecule has 10 heteroatoms. The predicted octanol–water partition coefficient (Wildman–Crippen LogP) is 1.78. The molecule has 0 aromatic heterocycles. The van der Waals surface area contributed by atoms with E-state index in [1.165, 1.54) is 22.7 Å². The molecule has 2 fully saturated rings. The van der Waals surface area contributed by atoms with E-state index in [0.29, 0.717) is 42.8 Å². The number of morpholine rings is 1. The summed E-state index contributed by atoms with van der Waals surface area (Å²) in [5.41, 5.74) is 0.948. The van der Waals surface area contributed by atoms with Gasteiger partial charge in [0, 0.05) is 13.1 Å². The largest absolute Gasteiger partial charge is 0.442 e. The third kappa shape index (κ3) is 4.61. The summed E-state index contributed by atoms with van der Waals surface area (Å²) in [4.78, 5) is 19.7. The quantitative estimate of drug-likeness (QED) is 0.361. The number of ether oxygens (including phenoxy) is 2. The smallest absolute Gasteiger partial charge is 0.414 e. The van der Waals surface area contributed by atoms with E-state index in [1.54, 1.807) is 24.6 Å². The van der Waals surface area contributed by atoms with Crippen molar-refractivity contribution in [1.82, 2.24) is 5.32 Å². The lowest BCUT2D eigenvalue weighted by atomic mass is 10.2. The van der Waals surface area contributed by atoms with Crippen LogP contribution in [0.25, 0.3) is 0 Å². The molecule has 1 unspecified atom stereocenters. The monoisotopic (exact) mass is 393 g/mol. The van der Waals surface area contributed by atoms with Crippen molar-refractivity contribution in [2.45, 2.75) is 6.10 Å². The second-order valence-corrected chi connectivity index (χ2v) is 6.73. The van der Waals surface area contributed by atoms with Crippen LogP contribution >= 0.6 is 11.8 Å². The SMILES string of the molecule is CSC(=NCC1CN(c2ccc(N3CCOCC3)c(F)c2)C(=O)O1)NC#N. The lowest BCUT2D eigenvalue weighted by molar-refractivity contribution is 0.122. The zero-order valence-corrected chi connectivity index (χ0v) is 15.7. The van der Waals surface area contributed by atoms with E-state index in [-0.39, 0.29) is 18.9 Å². The van der Waals surface area contributed by atoms with Crippen LogP contribution in [0.1, 0.15) is 0 Å². The first-order chi connectivity index (χ1) is 13.1. The van der Waals surface area contributed by atoms with Crippen LogP contribution in [0.3, 0.4) is 0 Å². The number of nitriles is 1. The van der Waals surface area contributed by atoms with E-state index >= 15 is 0 Å². The number of amidine groups is 1. The highest BCUT2D eigenvalue weighted by molar-refractivity contribution is 8.13. The molecule has 2 heterocycles. The molecule has 1 atom stereocenters. The predicted molar refractivity (Wildman–Crippen MR) is 102 cm³/mol. The fraction of sp³-hybridized carbons (Fsp3) is 0.471. The Hall–Kier alpha value is -2.51. The van der Waals surface area contributed by atoms with Crippen LogP contribution in [0.4, 0.5) is 20.6 Å². The highest BCUT2D eigenvalue weighted by Gasteiger charge is 2.32. The van der Waals surface area contributed by atoms with Crippen molar-refractivity contribution in [2.24, 2.45) is 4.99 Å². The van der Waals surface area contributed by atoms with Gasteiger partial charge in [0.1, 0.15) is 11.9 Å². The second-order valence-electron chi connectivity index (χ2n) is 5.94. The normalized spacial score (nSPS) is 20.4. The summed E-state index contributed by atoms with van der Waals surface area (Å²) in [5, 5.41) is 11.5. The summed E-state index contributed by atoms with van der Waals surface area (Å²) in [5.74, 6) is -0.383. The summed E-state index contributed by atoms with van der Waals surface area (Å²) in [6.45, 7) is 2.91. The van der Waals surface area contributed by atoms with Crippen LogP contribution in [0, 0.1) is 17.3 Å².